The lowest BCUT2D eigenvalue weighted by atomic mass is 9.95. The molecule has 0 aromatic carbocycles. The Morgan fingerprint density at radius 1 is 1.50 bits per heavy atom. The topological polar surface area (TPSA) is 37.3 Å². The van der Waals surface area contributed by atoms with Crippen LogP contribution in [0.1, 0.15) is 12.8 Å². The van der Waals surface area contributed by atoms with Gasteiger partial charge in [0.05, 0.1) is 0 Å². The van der Waals surface area contributed by atoms with Crippen LogP contribution >= 0.6 is 11.8 Å². The van der Waals surface area contributed by atoms with Crippen molar-refractivity contribution in [1.29, 1.82) is 0 Å². The fourth-order valence-electron chi connectivity index (χ4n) is 2.60. The second-order valence-electron chi connectivity index (χ2n) is 3.96. The van der Waals surface area contributed by atoms with Crippen molar-refractivity contribution in [3.63, 3.8) is 0 Å². The average Bonchev–Trinajstić information content (AvgIpc) is 2.54. The maximum atomic E-state index is 10.8. The standard InChI is InChI=1S/C9H10O2S/c10-9(11)8-6-2-4-1-5(4)7(6)3-12-8/h3-6,8H,1-2H2,(H,10,11). The highest BCUT2D eigenvalue weighted by atomic mass is 32.2. The molecule has 2 saturated carbocycles. The highest BCUT2D eigenvalue weighted by molar-refractivity contribution is 8.03. The van der Waals surface area contributed by atoms with Crippen molar-refractivity contribution < 1.29 is 9.90 Å². The number of carbonyl (C=O) groups is 1. The van der Waals surface area contributed by atoms with Crippen molar-refractivity contribution in [1.82, 2.24) is 0 Å². The molecule has 0 aromatic heterocycles. The van der Waals surface area contributed by atoms with Gasteiger partial charge in [0, 0.05) is 5.92 Å². The van der Waals surface area contributed by atoms with Crippen molar-refractivity contribution in [3.05, 3.63) is 11.0 Å². The van der Waals surface area contributed by atoms with Crippen LogP contribution in [0.5, 0.6) is 0 Å². The van der Waals surface area contributed by atoms with E-state index in [0.29, 0.717) is 5.92 Å². The summed E-state index contributed by atoms with van der Waals surface area (Å²) in [7, 11) is 0. The summed E-state index contributed by atoms with van der Waals surface area (Å²) in [6, 6.07) is 0. The molecule has 0 spiro atoms. The molecule has 4 atom stereocenters. The van der Waals surface area contributed by atoms with Crippen LogP contribution in [0.3, 0.4) is 0 Å². The Morgan fingerprint density at radius 3 is 3.00 bits per heavy atom. The Bertz CT molecular complexity index is 284. The molecule has 3 aliphatic rings. The van der Waals surface area contributed by atoms with Gasteiger partial charge in [-0.25, -0.2) is 0 Å². The number of aliphatic carboxylic acids is 1. The van der Waals surface area contributed by atoms with E-state index in [2.05, 4.69) is 5.41 Å². The Labute approximate surface area is 75.0 Å². The zero-order valence-corrected chi connectivity index (χ0v) is 7.38. The summed E-state index contributed by atoms with van der Waals surface area (Å²) in [6.07, 6.45) is 2.47. The monoisotopic (exact) mass is 182 g/mol. The quantitative estimate of drug-likeness (QED) is 0.671. The van der Waals surface area contributed by atoms with Crippen LogP contribution in [0.15, 0.2) is 11.0 Å². The van der Waals surface area contributed by atoms with E-state index in [1.165, 1.54) is 23.8 Å². The Hall–Kier alpha value is -0.440. The molecule has 0 amide bonds. The normalized spacial score (nSPS) is 48.2. The summed E-state index contributed by atoms with van der Waals surface area (Å²) in [5, 5.41) is 10.9. The molecule has 0 aromatic rings. The van der Waals surface area contributed by atoms with Gasteiger partial charge in [-0.2, -0.15) is 0 Å². The minimum Gasteiger partial charge on any atom is -0.480 e. The van der Waals surface area contributed by atoms with Crippen molar-refractivity contribution >= 4 is 17.7 Å². The third-order valence-electron chi connectivity index (χ3n) is 3.30. The first-order chi connectivity index (χ1) is 5.77. The lowest BCUT2D eigenvalue weighted by Gasteiger charge is -2.13. The molecular formula is C9H10O2S. The van der Waals surface area contributed by atoms with Gasteiger partial charge in [-0.05, 0) is 30.1 Å². The van der Waals surface area contributed by atoms with Crippen LogP contribution in [0, 0.1) is 17.8 Å². The van der Waals surface area contributed by atoms with Gasteiger partial charge in [-0.1, -0.05) is 5.57 Å². The van der Waals surface area contributed by atoms with E-state index in [1.54, 1.807) is 0 Å². The fraction of sp³-hybridized carbons (Fsp3) is 0.667. The number of allylic oxidation sites excluding steroid dienone is 1. The lowest BCUT2D eigenvalue weighted by molar-refractivity contribution is -0.137. The largest absolute Gasteiger partial charge is 0.480 e. The van der Waals surface area contributed by atoms with E-state index in [-0.39, 0.29) is 5.25 Å². The molecule has 2 aliphatic carbocycles. The summed E-state index contributed by atoms with van der Waals surface area (Å²) >= 11 is 1.51. The van der Waals surface area contributed by atoms with E-state index < -0.39 is 5.97 Å². The molecule has 12 heavy (non-hydrogen) atoms. The first-order valence-electron chi connectivity index (χ1n) is 4.35. The van der Waals surface area contributed by atoms with Crippen LogP contribution in [0.4, 0.5) is 0 Å². The molecule has 2 nitrogen and oxygen atoms in total. The van der Waals surface area contributed by atoms with Gasteiger partial charge in [-0.15, -0.1) is 11.8 Å². The van der Waals surface area contributed by atoms with Crippen LogP contribution in [0.2, 0.25) is 0 Å². The molecule has 2 fully saturated rings. The molecule has 0 radical (unpaired) electrons. The maximum Gasteiger partial charge on any atom is 0.317 e. The second-order valence-corrected chi connectivity index (χ2v) is 4.97. The summed E-state index contributed by atoms with van der Waals surface area (Å²) in [6.45, 7) is 0. The Kier molecular flexibility index (Phi) is 1.21. The number of thioether (sulfide) groups is 1. The molecule has 0 saturated heterocycles. The van der Waals surface area contributed by atoms with Gasteiger partial charge in [0.2, 0.25) is 0 Å². The van der Waals surface area contributed by atoms with Crippen molar-refractivity contribution in [3.8, 4) is 0 Å². The molecule has 1 heterocycles. The molecule has 1 N–H and O–H groups in total. The van der Waals surface area contributed by atoms with Crippen LogP contribution in [-0.2, 0) is 4.79 Å². The predicted octanol–water partition coefficient (Wildman–Crippen LogP) is 1.73. The number of hydrogen-bond donors (Lipinski definition) is 1. The smallest absolute Gasteiger partial charge is 0.317 e. The summed E-state index contributed by atoms with van der Waals surface area (Å²) < 4.78 is 0. The summed E-state index contributed by atoms with van der Waals surface area (Å²) in [5.41, 5.74) is 1.46. The number of rotatable bonds is 1. The zero-order chi connectivity index (χ0) is 8.29. The summed E-state index contributed by atoms with van der Waals surface area (Å²) in [5.74, 6) is 1.39. The number of fused-ring (bicyclic) bond motifs is 3. The van der Waals surface area contributed by atoms with Gasteiger partial charge < -0.3 is 5.11 Å². The number of carboxylic acids is 1. The third kappa shape index (κ3) is 0.750. The van der Waals surface area contributed by atoms with Crippen LogP contribution in [-0.4, -0.2) is 16.3 Å². The van der Waals surface area contributed by atoms with Crippen molar-refractivity contribution in [2.45, 2.75) is 18.1 Å². The molecular weight excluding hydrogens is 172 g/mol. The van der Waals surface area contributed by atoms with Gasteiger partial charge in [0.25, 0.3) is 0 Å². The minimum atomic E-state index is -0.627. The Morgan fingerprint density at radius 2 is 2.25 bits per heavy atom. The molecule has 64 valence electrons. The first-order valence-corrected chi connectivity index (χ1v) is 5.30. The van der Waals surface area contributed by atoms with Crippen LogP contribution in [0.25, 0.3) is 0 Å². The molecule has 3 rings (SSSR count). The lowest BCUT2D eigenvalue weighted by Crippen LogP contribution is -2.22. The average molecular weight is 182 g/mol. The van der Waals surface area contributed by atoms with E-state index in [9.17, 15) is 4.79 Å². The predicted molar refractivity (Wildman–Crippen MR) is 46.8 cm³/mol. The highest BCUT2D eigenvalue weighted by Crippen LogP contribution is 2.62. The molecule has 4 unspecified atom stereocenters. The van der Waals surface area contributed by atoms with E-state index in [1.807, 2.05) is 0 Å². The number of carboxylic acid groups (broad SMARTS) is 1. The molecule has 1 aliphatic heterocycles. The first kappa shape index (κ1) is 7.01. The van der Waals surface area contributed by atoms with E-state index in [0.717, 1.165) is 18.3 Å². The van der Waals surface area contributed by atoms with E-state index in [4.69, 9.17) is 5.11 Å². The number of hydrogen-bond acceptors (Lipinski definition) is 2. The third-order valence-corrected chi connectivity index (χ3v) is 4.53. The maximum absolute atomic E-state index is 10.8. The fourth-order valence-corrected chi connectivity index (χ4v) is 3.83. The van der Waals surface area contributed by atoms with Crippen molar-refractivity contribution in [2.75, 3.05) is 0 Å². The molecule has 0 bridgehead atoms. The van der Waals surface area contributed by atoms with Gasteiger partial charge in [0.15, 0.2) is 0 Å². The van der Waals surface area contributed by atoms with Crippen molar-refractivity contribution in [2.24, 2.45) is 17.8 Å². The highest BCUT2D eigenvalue weighted by Gasteiger charge is 2.55. The van der Waals surface area contributed by atoms with Gasteiger partial charge >= 0.3 is 5.97 Å². The minimum absolute atomic E-state index is 0.159. The summed E-state index contributed by atoms with van der Waals surface area (Å²) in [4.78, 5) is 10.8. The second kappa shape index (κ2) is 2.08. The molecule has 3 heteroatoms. The van der Waals surface area contributed by atoms with E-state index >= 15 is 0 Å². The Balaban J connectivity index is 1.87. The van der Waals surface area contributed by atoms with Gasteiger partial charge in [0.1, 0.15) is 5.25 Å². The van der Waals surface area contributed by atoms with Crippen LogP contribution < -0.4 is 0 Å². The zero-order valence-electron chi connectivity index (χ0n) is 6.56. The SMILES string of the molecule is O=C(O)C1SC=C2C3CC3CC21. The van der Waals surface area contributed by atoms with Gasteiger partial charge in [-0.3, -0.25) is 4.79 Å².